The minimum Gasteiger partial charge on any atom is -0.408 e. The molecule has 2 unspecified atom stereocenters. The van der Waals surface area contributed by atoms with Gasteiger partial charge in [0.25, 0.3) is 0 Å². The molecule has 1 radical (unpaired) electrons. The van der Waals surface area contributed by atoms with Crippen molar-refractivity contribution in [3.63, 3.8) is 0 Å². The fourth-order valence-electron chi connectivity index (χ4n) is 1.38. The monoisotopic (exact) mass is 111 g/mol. The summed E-state index contributed by atoms with van der Waals surface area (Å²) in [5.74, 6) is 0. The molecule has 3 heteroatoms. The standard InChI is InChI=1S/C5H8BO2/c1-2-4-5(3-1)8-6-7-4/h4-5H,1-3H2. The van der Waals surface area contributed by atoms with Gasteiger partial charge in [-0.3, -0.25) is 0 Å². The second-order valence-electron chi connectivity index (χ2n) is 2.38. The molecule has 0 bridgehead atoms. The van der Waals surface area contributed by atoms with Gasteiger partial charge in [0.05, 0.1) is 12.2 Å². The van der Waals surface area contributed by atoms with Gasteiger partial charge in [-0.15, -0.1) is 0 Å². The van der Waals surface area contributed by atoms with E-state index in [1.54, 1.807) is 0 Å². The highest BCUT2D eigenvalue weighted by atomic mass is 16.6. The van der Waals surface area contributed by atoms with Gasteiger partial charge in [-0.25, -0.2) is 0 Å². The van der Waals surface area contributed by atoms with Crippen molar-refractivity contribution in [2.24, 2.45) is 0 Å². The van der Waals surface area contributed by atoms with E-state index in [-0.39, 0.29) is 0 Å². The zero-order chi connectivity index (χ0) is 5.40. The van der Waals surface area contributed by atoms with Gasteiger partial charge in [0.2, 0.25) is 0 Å². The molecule has 2 atom stereocenters. The summed E-state index contributed by atoms with van der Waals surface area (Å²) < 4.78 is 10.3. The number of hydrogen-bond acceptors (Lipinski definition) is 2. The Morgan fingerprint density at radius 2 is 1.75 bits per heavy atom. The molecule has 2 nitrogen and oxygen atoms in total. The van der Waals surface area contributed by atoms with Crippen LogP contribution in [0.25, 0.3) is 0 Å². The lowest BCUT2D eigenvalue weighted by Gasteiger charge is -2.04. The van der Waals surface area contributed by atoms with E-state index in [9.17, 15) is 0 Å². The molecule has 2 rings (SSSR count). The lowest BCUT2D eigenvalue weighted by Crippen LogP contribution is -2.13. The molecule has 0 N–H and O–H groups in total. The van der Waals surface area contributed by atoms with Crippen molar-refractivity contribution >= 4 is 7.69 Å². The van der Waals surface area contributed by atoms with Crippen LogP contribution in [0.15, 0.2) is 0 Å². The van der Waals surface area contributed by atoms with E-state index in [1.807, 2.05) is 0 Å². The van der Waals surface area contributed by atoms with Gasteiger partial charge >= 0.3 is 7.69 Å². The summed E-state index contributed by atoms with van der Waals surface area (Å²) >= 11 is 0. The molecule has 43 valence electrons. The van der Waals surface area contributed by atoms with Crippen molar-refractivity contribution in [2.75, 3.05) is 0 Å². The summed E-state index contributed by atoms with van der Waals surface area (Å²) in [6.45, 7) is 0. The summed E-state index contributed by atoms with van der Waals surface area (Å²) in [7, 11) is 1.48. The Labute approximate surface area is 49.5 Å². The van der Waals surface area contributed by atoms with E-state index in [2.05, 4.69) is 0 Å². The highest BCUT2D eigenvalue weighted by Crippen LogP contribution is 2.27. The van der Waals surface area contributed by atoms with Crippen LogP contribution in [0.4, 0.5) is 0 Å². The van der Waals surface area contributed by atoms with Gasteiger partial charge in [-0.2, -0.15) is 0 Å². The Balaban J connectivity index is 2.04. The molecule has 1 heterocycles. The second kappa shape index (κ2) is 1.74. The maximum Gasteiger partial charge on any atom is 0.488 e. The van der Waals surface area contributed by atoms with Gasteiger partial charge in [0.1, 0.15) is 0 Å². The van der Waals surface area contributed by atoms with Crippen LogP contribution in [0.1, 0.15) is 19.3 Å². The molecule has 0 aromatic heterocycles. The first-order valence-corrected chi connectivity index (χ1v) is 3.09. The van der Waals surface area contributed by atoms with E-state index >= 15 is 0 Å². The molecule has 2 aliphatic rings. The second-order valence-corrected chi connectivity index (χ2v) is 2.38. The maximum absolute atomic E-state index is 5.13. The minimum atomic E-state index is 0.398. The van der Waals surface area contributed by atoms with Crippen LogP contribution in [-0.2, 0) is 9.31 Å². The Kier molecular flexibility index (Phi) is 1.05. The molecule has 1 aliphatic carbocycles. The lowest BCUT2D eigenvalue weighted by atomic mass is 10.3. The van der Waals surface area contributed by atoms with Crippen LogP contribution in [0.2, 0.25) is 0 Å². The quantitative estimate of drug-likeness (QED) is 0.423. The fraction of sp³-hybridized carbons (Fsp3) is 1.00. The lowest BCUT2D eigenvalue weighted by molar-refractivity contribution is 0.187. The predicted molar refractivity (Wildman–Crippen MR) is 29.4 cm³/mol. The Morgan fingerprint density at radius 1 is 1.12 bits per heavy atom. The molecule has 1 saturated heterocycles. The Hall–Kier alpha value is -0.0151. The summed E-state index contributed by atoms with van der Waals surface area (Å²) in [6, 6.07) is 0. The zero-order valence-electron chi connectivity index (χ0n) is 4.67. The van der Waals surface area contributed by atoms with Crippen LogP contribution in [0.5, 0.6) is 0 Å². The van der Waals surface area contributed by atoms with Gasteiger partial charge in [0.15, 0.2) is 0 Å². The van der Waals surface area contributed by atoms with Gasteiger partial charge < -0.3 is 9.31 Å². The van der Waals surface area contributed by atoms with Crippen molar-refractivity contribution in [1.29, 1.82) is 0 Å². The van der Waals surface area contributed by atoms with Crippen LogP contribution < -0.4 is 0 Å². The van der Waals surface area contributed by atoms with Crippen LogP contribution in [0, 0.1) is 0 Å². The topological polar surface area (TPSA) is 18.5 Å². The maximum atomic E-state index is 5.13. The van der Waals surface area contributed by atoms with E-state index in [4.69, 9.17) is 9.31 Å². The normalized spacial score (nSPS) is 44.0. The minimum absolute atomic E-state index is 0.398. The molecule has 1 aliphatic heterocycles. The molecule has 2 fully saturated rings. The first-order valence-electron chi connectivity index (χ1n) is 3.09. The smallest absolute Gasteiger partial charge is 0.408 e. The molecule has 0 spiro atoms. The molecular formula is C5H8BO2. The third kappa shape index (κ3) is 0.582. The van der Waals surface area contributed by atoms with Gasteiger partial charge in [-0.1, -0.05) is 0 Å². The average Bonchev–Trinajstić information content (AvgIpc) is 2.15. The molecule has 1 saturated carbocycles. The van der Waals surface area contributed by atoms with Crippen molar-refractivity contribution in [1.82, 2.24) is 0 Å². The van der Waals surface area contributed by atoms with Crippen molar-refractivity contribution in [3.05, 3.63) is 0 Å². The van der Waals surface area contributed by atoms with E-state index in [0.717, 1.165) is 0 Å². The SMILES string of the molecule is [B]1OC2CCCC2O1. The first kappa shape index (κ1) is 4.83. The first-order chi connectivity index (χ1) is 3.97. The molecule has 0 aromatic rings. The number of rotatable bonds is 0. The molecular weight excluding hydrogens is 103 g/mol. The highest BCUT2D eigenvalue weighted by molar-refractivity contribution is 6.19. The summed E-state index contributed by atoms with van der Waals surface area (Å²) in [5, 5.41) is 0. The third-order valence-corrected chi connectivity index (χ3v) is 1.85. The van der Waals surface area contributed by atoms with E-state index in [1.165, 1.54) is 26.9 Å². The number of hydrogen-bond donors (Lipinski definition) is 0. The van der Waals surface area contributed by atoms with Gasteiger partial charge in [-0.05, 0) is 19.3 Å². The average molecular weight is 111 g/mol. The van der Waals surface area contributed by atoms with Crippen molar-refractivity contribution < 1.29 is 9.31 Å². The van der Waals surface area contributed by atoms with E-state index < -0.39 is 0 Å². The largest absolute Gasteiger partial charge is 0.488 e. The summed E-state index contributed by atoms with van der Waals surface area (Å²) in [6.07, 6.45) is 4.43. The summed E-state index contributed by atoms with van der Waals surface area (Å²) in [4.78, 5) is 0. The fourth-order valence-corrected chi connectivity index (χ4v) is 1.38. The van der Waals surface area contributed by atoms with Crippen molar-refractivity contribution in [2.45, 2.75) is 31.5 Å². The zero-order valence-corrected chi connectivity index (χ0v) is 4.67. The molecule has 0 amide bonds. The predicted octanol–water partition coefficient (Wildman–Crippen LogP) is 0.488. The Morgan fingerprint density at radius 3 is 2.38 bits per heavy atom. The van der Waals surface area contributed by atoms with E-state index in [0.29, 0.717) is 12.2 Å². The Bertz CT molecular complexity index is 76.4. The molecule has 0 aromatic carbocycles. The highest BCUT2D eigenvalue weighted by Gasteiger charge is 2.34. The van der Waals surface area contributed by atoms with Crippen LogP contribution in [0.3, 0.4) is 0 Å². The van der Waals surface area contributed by atoms with Crippen molar-refractivity contribution in [3.8, 4) is 0 Å². The van der Waals surface area contributed by atoms with Gasteiger partial charge in [0, 0.05) is 0 Å². The summed E-state index contributed by atoms with van der Waals surface area (Å²) in [5.41, 5.74) is 0. The van der Waals surface area contributed by atoms with Crippen LogP contribution in [-0.4, -0.2) is 19.9 Å². The number of fused-ring (bicyclic) bond motifs is 1. The molecule has 8 heavy (non-hydrogen) atoms. The third-order valence-electron chi connectivity index (χ3n) is 1.85. The van der Waals surface area contributed by atoms with Crippen LogP contribution >= 0.6 is 0 Å².